The van der Waals surface area contributed by atoms with Crippen molar-refractivity contribution in [2.24, 2.45) is 4.99 Å². The van der Waals surface area contributed by atoms with Gasteiger partial charge in [0.15, 0.2) is 0 Å². The van der Waals surface area contributed by atoms with Gasteiger partial charge in [-0.2, -0.15) is 0 Å². The van der Waals surface area contributed by atoms with Crippen LogP contribution in [0.2, 0.25) is 13.1 Å². The number of nitrogens with one attached hydrogen (secondary N) is 1. The Hall–Kier alpha value is -1.74. The Kier molecular flexibility index (Phi) is 6.00. The Morgan fingerprint density at radius 3 is 2.56 bits per heavy atom. The zero-order valence-corrected chi connectivity index (χ0v) is 18.7. The van der Waals surface area contributed by atoms with Crippen molar-refractivity contribution in [2.75, 3.05) is 0 Å². The van der Waals surface area contributed by atoms with Crippen LogP contribution in [0, 0.1) is 12.3 Å². The number of rotatable bonds is 7. The van der Waals surface area contributed by atoms with E-state index in [1.54, 1.807) is 0 Å². The first-order chi connectivity index (χ1) is 12.9. The van der Waals surface area contributed by atoms with Crippen LogP contribution in [0.15, 0.2) is 40.5 Å². The van der Waals surface area contributed by atoms with Crippen molar-refractivity contribution in [2.45, 2.75) is 78.3 Å². The van der Waals surface area contributed by atoms with E-state index in [1.807, 2.05) is 12.2 Å². The summed E-state index contributed by atoms with van der Waals surface area (Å²) in [5, 5.41) is 10.8. The van der Waals surface area contributed by atoms with Gasteiger partial charge >= 0.3 is 0 Å². The molecule has 1 aromatic carbocycles. The van der Waals surface area contributed by atoms with Crippen LogP contribution >= 0.6 is 0 Å². The summed E-state index contributed by atoms with van der Waals surface area (Å²) < 4.78 is 0. The highest BCUT2D eigenvalue weighted by Crippen LogP contribution is 2.35. The maximum absolute atomic E-state index is 8.06. The van der Waals surface area contributed by atoms with Crippen LogP contribution in [-0.4, -0.2) is 19.5 Å². The van der Waals surface area contributed by atoms with Crippen LogP contribution in [0.3, 0.4) is 0 Å². The molecule has 3 rings (SSSR count). The second kappa shape index (κ2) is 8.10. The molecule has 1 N–H and O–H groups in total. The largest absolute Gasteiger partial charge is 0.301 e. The molecule has 2 aliphatic rings. The smallest absolute Gasteiger partial charge is 0.117 e. The number of benzene rings is 1. The molecule has 0 aromatic heterocycles. The molecule has 3 heteroatoms. The maximum atomic E-state index is 8.06. The van der Waals surface area contributed by atoms with Gasteiger partial charge in [0, 0.05) is 0 Å². The summed E-state index contributed by atoms with van der Waals surface area (Å²) in [6.07, 6.45) is 13.8. The van der Waals surface area contributed by atoms with E-state index < -0.39 is 8.07 Å². The van der Waals surface area contributed by atoms with Gasteiger partial charge < -0.3 is 5.41 Å². The van der Waals surface area contributed by atoms with Crippen LogP contribution in [0.1, 0.15) is 69.4 Å². The van der Waals surface area contributed by atoms with E-state index in [-0.39, 0.29) is 0 Å². The van der Waals surface area contributed by atoms with E-state index in [0.717, 1.165) is 5.71 Å². The van der Waals surface area contributed by atoms with Gasteiger partial charge in [-0.05, 0) is 71.5 Å². The lowest BCUT2D eigenvalue weighted by atomic mass is 9.88. The normalized spacial score (nSPS) is 18.5. The number of aryl methyl sites for hydroxylation is 1. The molecule has 27 heavy (non-hydrogen) atoms. The molecule has 1 aliphatic carbocycles. The lowest BCUT2D eigenvalue weighted by Crippen LogP contribution is -2.49. The quantitative estimate of drug-likeness (QED) is 0.319. The second-order valence-electron chi connectivity index (χ2n) is 8.65. The SMILES string of the molecule is CCCCCCC(CC)c1cc2c(cc1C)N=C1C=CC(=N)C=C1[Si]2(C)C. The number of hydrogen-bond donors (Lipinski definition) is 1. The first-order valence-electron chi connectivity index (χ1n) is 10.6. The fourth-order valence-electron chi connectivity index (χ4n) is 4.55. The molecule has 144 valence electrons. The van der Waals surface area contributed by atoms with Crippen molar-refractivity contribution in [1.82, 2.24) is 0 Å². The summed E-state index contributed by atoms with van der Waals surface area (Å²) in [4.78, 5) is 4.97. The Bertz CT molecular complexity index is 827. The van der Waals surface area contributed by atoms with E-state index in [9.17, 15) is 0 Å². The van der Waals surface area contributed by atoms with Crippen molar-refractivity contribution in [1.29, 1.82) is 5.41 Å². The maximum Gasteiger partial charge on any atom is 0.117 e. The van der Waals surface area contributed by atoms with Gasteiger partial charge in [0.1, 0.15) is 8.07 Å². The average Bonchev–Trinajstić information content (AvgIpc) is 2.63. The van der Waals surface area contributed by atoms with Gasteiger partial charge in [0.05, 0.1) is 17.1 Å². The average molecular weight is 379 g/mol. The number of nitrogens with zero attached hydrogens (tertiary/aromatic N) is 1. The molecule has 1 heterocycles. The highest BCUT2D eigenvalue weighted by atomic mass is 28.3. The predicted molar refractivity (Wildman–Crippen MR) is 122 cm³/mol. The van der Waals surface area contributed by atoms with E-state index in [2.05, 4.69) is 52.1 Å². The van der Waals surface area contributed by atoms with Gasteiger partial charge in [-0.25, -0.2) is 4.99 Å². The molecule has 0 spiro atoms. The molecule has 0 radical (unpaired) electrons. The molecule has 0 saturated carbocycles. The van der Waals surface area contributed by atoms with Crippen LogP contribution in [0.25, 0.3) is 0 Å². The number of aliphatic imine (C=N–C) groups is 1. The number of unbranched alkanes of at least 4 members (excludes halogenated alkanes) is 3. The van der Waals surface area contributed by atoms with Gasteiger partial charge in [0.2, 0.25) is 0 Å². The molecular formula is C24H34N2Si. The molecule has 0 amide bonds. The minimum absolute atomic E-state index is 0.600. The summed E-state index contributed by atoms with van der Waals surface area (Å²) in [7, 11) is -1.83. The summed E-state index contributed by atoms with van der Waals surface area (Å²) in [5.41, 5.74) is 5.77. The number of fused-ring (bicyclic) bond motifs is 2. The highest BCUT2D eigenvalue weighted by molar-refractivity contribution is 7.01. The number of hydrogen-bond acceptors (Lipinski definition) is 2. The third kappa shape index (κ3) is 3.94. The molecule has 1 atom stereocenters. The van der Waals surface area contributed by atoms with Crippen molar-refractivity contribution < 1.29 is 0 Å². The lowest BCUT2D eigenvalue weighted by Gasteiger charge is -2.34. The second-order valence-corrected chi connectivity index (χ2v) is 13.0. The first-order valence-corrected chi connectivity index (χ1v) is 13.6. The van der Waals surface area contributed by atoms with Crippen LogP contribution in [0.5, 0.6) is 0 Å². The standard InChI is InChI=1S/C24H34N2Si/c1-6-8-9-10-11-18(7-2)20-16-24-22(14-17(20)3)26-21-13-12-19(25)15-23(21)27(24,4)5/h12-16,18,25H,6-11H2,1-5H3. The fourth-order valence-corrected chi connectivity index (χ4v) is 7.42. The zero-order chi connectivity index (χ0) is 19.6. The molecular weight excluding hydrogens is 344 g/mol. The number of allylic oxidation sites excluding steroid dienone is 4. The van der Waals surface area contributed by atoms with Crippen LogP contribution in [0.4, 0.5) is 5.69 Å². The zero-order valence-electron chi connectivity index (χ0n) is 17.7. The summed E-state index contributed by atoms with van der Waals surface area (Å²) in [5.74, 6) is 0.654. The molecule has 1 aliphatic heterocycles. The molecule has 1 aromatic rings. The van der Waals surface area contributed by atoms with Crippen molar-refractivity contribution in [3.63, 3.8) is 0 Å². The van der Waals surface area contributed by atoms with Gasteiger partial charge in [-0.15, -0.1) is 0 Å². The predicted octanol–water partition coefficient (Wildman–Crippen LogP) is 6.52. The Morgan fingerprint density at radius 1 is 1.07 bits per heavy atom. The molecule has 0 saturated heterocycles. The summed E-state index contributed by atoms with van der Waals surface area (Å²) >= 11 is 0. The molecule has 2 nitrogen and oxygen atoms in total. The molecule has 1 unspecified atom stereocenters. The van der Waals surface area contributed by atoms with E-state index in [4.69, 9.17) is 10.4 Å². The third-order valence-electron chi connectivity index (χ3n) is 6.31. The fraction of sp³-hybridized carbons (Fsp3) is 0.500. The Morgan fingerprint density at radius 2 is 1.85 bits per heavy atom. The molecule has 0 fully saturated rings. The minimum Gasteiger partial charge on any atom is -0.301 e. The van der Waals surface area contributed by atoms with Crippen LogP contribution < -0.4 is 5.19 Å². The lowest BCUT2D eigenvalue weighted by molar-refractivity contribution is 0.541. The van der Waals surface area contributed by atoms with Gasteiger partial charge in [-0.3, -0.25) is 0 Å². The summed E-state index contributed by atoms with van der Waals surface area (Å²) in [6, 6.07) is 4.82. The summed E-state index contributed by atoms with van der Waals surface area (Å²) in [6.45, 7) is 11.7. The van der Waals surface area contributed by atoms with Crippen LogP contribution in [-0.2, 0) is 0 Å². The Labute approximate surface area is 166 Å². The van der Waals surface area contributed by atoms with E-state index >= 15 is 0 Å². The van der Waals surface area contributed by atoms with Gasteiger partial charge in [-0.1, -0.05) is 58.7 Å². The molecule has 0 bridgehead atoms. The minimum atomic E-state index is -1.83. The third-order valence-corrected chi connectivity index (χ3v) is 9.80. The first kappa shape index (κ1) is 20.0. The monoisotopic (exact) mass is 378 g/mol. The van der Waals surface area contributed by atoms with Crippen molar-refractivity contribution >= 4 is 30.4 Å². The highest BCUT2D eigenvalue weighted by Gasteiger charge is 2.37. The van der Waals surface area contributed by atoms with Crippen molar-refractivity contribution in [3.05, 3.63) is 46.7 Å². The van der Waals surface area contributed by atoms with E-state index in [1.165, 1.54) is 65.7 Å². The van der Waals surface area contributed by atoms with Crippen molar-refractivity contribution in [3.8, 4) is 0 Å². The Balaban J connectivity index is 1.99. The van der Waals surface area contributed by atoms with E-state index in [0.29, 0.717) is 11.6 Å². The van der Waals surface area contributed by atoms with Gasteiger partial charge in [0.25, 0.3) is 0 Å². The topological polar surface area (TPSA) is 36.2 Å².